The maximum Gasteiger partial charge on any atom is 0.209 e. The number of hydrogen-bond acceptors (Lipinski definition) is 3. The molecule has 156 valence electrons. The van der Waals surface area contributed by atoms with Crippen LogP contribution >= 0.6 is 0 Å². The van der Waals surface area contributed by atoms with Crippen LogP contribution in [-0.4, -0.2) is 37.7 Å². The molecular weight excluding hydrogens is 363 g/mol. The Morgan fingerprint density at radius 3 is 1.93 bits per heavy atom. The molecule has 6 heteroatoms. The minimum Gasteiger partial charge on any atom is -0.293 e. The second-order valence-electron chi connectivity index (χ2n) is 9.46. The van der Waals surface area contributed by atoms with Gasteiger partial charge in [0.2, 0.25) is 10.0 Å². The molecule has 0 aliphatic carbocycles. The summed E-state index contributed by atoms with van der Waals surface area (Å²) < 4.78 is 39.6. The third-order valence-electron chi connectivity index (χ3n) is 5.77. The van der Waals surface area contributed by atoms with Crippen LogP contribution in [0.25, 0.3) is 0 Å². The van der Waals surface area contributed by atoms with Gasteiger partial charge in [-0.15, -0.1) is 0 Å². The van der Waals surface area contributed by atoms with E-state index in [9.17, 15) is 12.8 Å². The van der Waals surface area contributed by atoms with Crippen LogP contribution in [0.5, 0.6) is 0 Å². The van der Waals surface area contributed by atoms with Crippen LogP contribution in [-0.2, 0) is 10.0 Å². The smallest absolute Gasteiger partial charge is 0.209 e. The Morgan fingerprint density at radius 2 is 1.52 bits per heavy atom. The number of benzene rings is 1. The van der Waals surface area contributed by atoms with Crippen molar-refractivity contribution in [1.29, 1.82) is 0 Å². The van der Waals surface area contributed by atoms with Crippen LogP contribution < -0.4 is 4.72 Å². The number of halogens is 1. The Morgan fingerprint density at radius 1 is 1.04 bits per heavy atom. The molecule has 0 heterocycles. The molecule has 3 unspecified atom stereocenters. The molecule has 1 aromatic carbocycles. The molecule has 0 radical (unpaired) electrons. The van der Waals surface area contributed by atoms with E-state index < -0.39 is 15.6 Å². The zero-order chi connectivity index (χ0) is 21.2. The predicted molar refractivity (Wildman–Crippen MR) is 112 cm³/mol. The van der Waals surface area contributed by atoms with Gasteiger partial charge in [-0.1, -0.05) is 39.8 Å². The van der Waals surface area contributed by atoms with Gasteiger partial charge in [0.15, 0.2) is 0 Å². The second kappa shape index (κ2) is 8.58. The number of hydrogen-bond donors (Lipinski definition) is 1. The van der Waals surface area contributed by atoms with Crippen molar-refractivity contribution in [3.8, 4) is 0 Å². The molecule has 1 rings (SSSR count). The Bertz CT molecular complexity index is 709. The molecule has 0 saturated heterocycles. The highest BCUT2D eigenvalue weighted by atomic mass is 32.2. The van der Waals surface area contributed by atoms with Gasteiger partial charge in [0.05, 0.1) is 6.26 Å². The van der Waals surface area contributed by atoms with E-state index in [0.717, 1.165) is 5.56 Å². The number of sulfonamides is 1. The molecule has 3 atom stereocenters. The topological polar surface area (TPSA) is 49.4 Å². The lowest BCUT2D eigenvalue weighted by atomic mass is 9.83. The van der Waals surface area contributed by atoms with Crippen molar-refractivity contribution in [3.63, 3.8) is 0 Å². The Kier molecular flexibility index (Phi) is 7.64. The lowest BCUT2D eigenvalue weighted by Crippen LogP contribution is -2.53. The number of rotatable bonds is 8. The van der Waals surface area contributed by atoms with Gasteiger partial charge in [0, 0.05) is 24.2 Å². The van der Waals surface area contributed by atoms with Gasteiger partial charge in [-0.25, -0.2) is 17.5 Å². The van der Waals surface area contributed by atoms with Crippen LogP contribution in [0.3, 0.4) is 0 Å². The summed E-state index contributed by atoms with van der Waals surface area (Å²) >= 11 is 0. The summed E-state index contributed by atoms with van der Waals surface area (Å²) in [6.45, 7) is 17.5. The third kappa shape index (κ3) is 7.16. The lowest BCUT2D eigenvalue weighted by molar-refractivity contribution is 0.0497. The second-order valence-corrected chi connectivity index (χ2v) is 11.2. The number of nitrogens with one attached hydrogen (secondary N) is 1. The van der Waals surface area contributed by atoms with E-state index >= 15 is 0 Å². The average molecular weight is 401 g/mol. The normalized spacial score (nSPS) is 17.0. The Labute approximate surface area is 165 Å². The lowest BCUT2D eigenvalue weighted by Gasteiger charge is -2.45. The van der Waals surface area contributed by atoms with Crippen molar-refractivity contribution in [2.24, 2.45) is 11.3 Å². The Hall–Kier alpha value is -0.980. The summed E-state index contributed by atoms with van der Waals surface area (Å²) in [5.41, 5.74) is 0.516. The van der Waals surface area contributed by atoms with Crippen molar-refractivity contribution in [1.82, 2.24) is 9.62 Å². The van der Waals surface area contributed by atoms with Gasteiger partial charge in [0.1, 0.15) is 5.82 Å². The minimum absolute atomic E-state index is 0.0441. The maximum atomic E-state index is 13.3. The van der Waals surface area contributed by atoms with Crippen molar-refractivity contribution in [2.75, 3.05) is 12.8 Å². The molecule has 0 fully saturated rings. The van der Waals surface area contributed by atoms with E-state index in [0.29, 0.717) is 6.54 Å². The predicted octanol–water partition coefficient (Wildman–Crippen LogP) is 4.59. The molecule has 0 amide bonds. The highest BCUT2D eigenvalue weighted by Gasteiger charge is 2.36. The van der Waals surface area contributed by atoms with Crippen LogP contribution in [0, 0.1) is 17.2 Å². The van der Waals surface area contributed by atoms with E-state index in [-0.39, 0.29) is 29.2 Å². The van der Waals surface area contributed by atoms with Gasteiger partial charge in [-0.3, -0.25) is 4.90 Å². The fourth-order valence-electron chi connectivity index (χ4n) is 3.20. The zero-order valence-electron chi connectivity index (χ0n) is 18.3. The minimum atomic E-state index is -3.30. The summed E-state index contributed by atoms with van der Waals surface area (Å²) in [6.07, 6.45) is 1.19. The summed E-state index contributed by atoms with van der Waals surface area (Å²) in [6, 6.07) is 6.96. The van der Waals surface area contributed by atoms with E-state index in [1.807, 2.05) is 26.0 Å². The molecule has 1 N–H and O–H groups in total. The van der Waals surface area contributed by atoms with Crippen LogP contribution in [0.15, 0.2) is 24.3 Å². The largest absolute Gasteiger partial charge is 0.293 e. The van der Waals surface area contributed by atoms with Gasteiger partial charge >= 0.3 is 0 Å². The summed E-state index contributed by atoms with van der Waals surface area (Å²) in [5, 5.41) is 0. The number of nitrogens with zero attached hydrogens (tertiary/aromatic N) is 1. The van der Waals surface area contributed by atoms with Crippen molar-refractivity contribution < 1.29 is 12.8 Å². The third-order valence-corrected chi connectivity index (χ3v) is 6.66. The van der Waals surface area contributed by atoms with E-state index in [2.05, 4.69) is 51.2 Å². The molecule has 1 aromatic rings. The summed E-state index contributed by atoms with van der Waals surface area (Å²) in [7, 11) is -3.30. The van der Waals surface area contributed by atoms with Gasteiger partial charge in [-0.05, 0) is 56.7 Å². The highest BCUT2D eigenvalue weighted by Crippen LogP contribution is 2.33. The first-order valence-corrected chi connectivity index (χ1v) is 11.4. The highest BCUT2D eigenvalue weighted by molar-refractivity contribution is 7.88. The summed E-state index contributed by atoms with van der Waals surface area (Å²) in [4.78, 5) is 2.39. The van der Waals surface area contributed by atoms with Crippen LogP contribution in [0.1, 0.15) is 67.0 Å². The van der Waals surface area contributed by atoms with Gasteiger partial charge < -0.3 is 0 Å². The molecular formula is C21H37FN2O2S. The zero-order valence-corrected chi connectivity index (χ0v) is 19.1. The Balaban J connectivity index is 3.17. The molecule has 0 bridgehead atoms. The van der Waals surface area contributed by atoms with E-state index in [4.69, 9.17) is 0 Å². The molecule has 27 heavy (non-hydrogen) atoms. The molecule has 0 aromatic heterocycles. The molecule has 0 aliphatic heterocycles. The molecule has 0 saturated carbocycles. The van der Waals surface area contributed by atoms with E-state index in [1.165, 1.54) is 18.4 Å². The fourth-order valence-corrected chi connectivity index (χ4v) is 4.36. The van der Waals surface area contributed by atoms with Crippen LogP contribution in [0.2, 0.25) is 0 Å². The molecule has 4 nitrogen and oxygen atoms in total. The average Bonchev–Trinajstić information content (AvgIpc) is 2.48. The quantitative estimate of drug-likeness (QED) is 0.694. The maximum absolute atomic E-state index is 13.3. The SMILES string of the molecule is CC(c1ccc(F)cc1)N(CC(C)C(C)(C)NS(C)(=O)=O)C(C)C(C)(C)C. The summed E-state index contributed by atoms with van der Waals surface area (Å²) in [5.74, 6) is -0.173. The fraction of sp³-hybridized carbons (Fsp3) is 0.714. The first kappa shape index (κ1) is 24.1. The van der Waals surface area contributed by atoms with Crippen molar-refractivity contribution in [3.05, 3.63) is 35.6 Å². The van der Waals surface area contributed by atoms with Crippen LogP contribution in [0.4, 0.5) is 4.39 Å². The monoisotopic (exact) mass is 400 g/mol. The van der Waals surface area contributed by atoms with E-state index in [1.54, 1.807) is 0 Å². The first-order chi connectivity index (χ1) is 12.0. The standard InChI is InChI=1S/C21H37FN2O2S/c1-15(21(7,8)23-27(9,25)26)14-24(17(3)20(4,5)6)16(2)18-10-12-19(22)13-11-18/h10-13,15-17,23H,14H2,1-9H3. The van der Waals surface area contributed by atoms with Gasteiger partial charge in [0.25, 0.3) is 0 Å². The van der Waals surface area contributed by atoms with Crippen molar-refractivity contribution in [2.45, 2.75) is 73.0 Å². The first-order valence-electron chi connectivity index (χ1n) is 9.55. The molecule has 0 aliphatic rings. The molecule has 0 spiro atoms. The van der Waals surface area contributed by atoms with Gasteiger partial charge in [-0.2, -0.15) is 0 Å². The van der Waals surface area contributed by atoms with Crippen molar-refractivity contribution >= 4 is 10.0 Å².